The quantitative estimate of drug-likeness (QED) is 0.372. The Hall–Kier alpha value is -3.92. The number of hydrogen-bond acceptors (Lipinski definition) is 6. The van der Waals surface area contributed by atoms with Crippen LogP contribution in [0.25, 0.3) is 0 Å². The second-order valence-corrected chi connectivity index (χ2v) is 9.07. The van der Waals surface area contributed by atoms with Crippen LogP contribution >= 0.6 is 0 Å². The summed E-state index contributed by atoms with van der Waals surface area (Å²) < 4.78 is 53.9. The minimum atomic E-state index is -4.82. The highest BCUT2D eigenvalue weighted by Crippen LogP contribution is 2.24. The SMILES string of the molecule is CC(=O)c1cccc(NC(=O)[C@@H](OC(=O)c2ccc(S(=O)(=O)C(F)F)cc2)c2ccccc2)c1. The van der Waals surface area contributed by atoms with Crippen LogP contribution in [0.5, 0.6) is 0 Å². The molecule has 3 aromatic carbocycles. The summed E-state index contributed by atoms with van der Waals surface area (Å²) in [5.74, 6) is -5.46. The number of carbonyl (C=O) groups excluding carboxylic acids is 3. The molecular formula is C24H19F2NO6S. The number of benzene rings is 3. The number of carbonyl (C=O) groups is 3. The molecule has 3 aromatic rings. The molecule has 0 spiro atoms. The van der Waals surface area contributed by atoms with Crippen molar-refractivity contribution in [1.29, 1.82) is 0 Å². The zero-order chi connectivity index (χ0) is 24.9. The molecule has 34 heavy (non-hydrogen) atoms. The summed E-state index contributed by atoms with van der Waals surface area (Å²) in [5, 5.41) is 2.60. The molecule has 0 radical (unpaired) electrons. The van der Waals surface area contributed by atoms with Crippen molar-refractivity contribution in [3.05, 3.63) is 95.6 Å². The first-order valence-corrected chi connectivity index (χ1v) is 11.4. The smallest absolute Gasteiger partial charge is 0.341 e. The highest BCUT2D eigenvalue weighted by atomic mass is 32.2. The van der Waals surface area contributed by atoms with Crippen molar-refractivity contribution in [3.8, 4) is 0 Å². The first kappa shape index (κ1) is 24.7. The normalized spacial score (nSPS) is 12.1. The van der Waals surface area contributed by atoms with Gasteiger partial charge in [-0.1, -0.05) is 42.5 Å². The van der Waals surface area contributed by atoms with Crippen molar-refractivity contribution < 1.29 is 36.3 Å². The lowest BCUT2D eigenvalue weighted by Gasteiger charge is -2.18. The largest absolute Gasteiger partial charge is 0.444 e. The van der Waals surface area contributed by atoms with Crippen LogP contribution < -0.4 is 5.32 Å². The Morgan fingerprint density at radius 3 is 2.09 bits per heavy atom. The van der Waals surface area contributed by atoms with Gasteiger partial charge in [-0.05, 0) is 43.3 Å². The van der Waals surface area contributed by atoms with Gasteiger partial charge in [-0.25, -0.2) is 13.2 Å². The summed E-state index contributed by atoms with van der Waals surface area (Å²) in [4.78, 5) is 36.6. The molecule has 0 fully saturated rings. The van der Waals surface area contributed by atoms with Gasteiger partial charge >= 0.3 is 11.7 Å². The summed E-state index contributed by atoms with van der Waals surface area (Å²) in [6, 6.07) is 18.1. The molecule has 0 aliphatic carbocycles. The second-order valence-electron chi connectivity index (χ2n) is 7.15. The van der Waals surface area contributed by atoms with Crippen molar-refractivity contribution >= 4 is 33.2 Å². The van der Waals surface area contributed by atoms with Gasteiger partial charge in [-0.15, -0.1) is 0 Å². The van der Waals surface area contributed by atoms with Crippen molar-refractivity contribution in [2.24, 2.45) is 0 Å². The van der Waals surface area contributed by atoms with Gasteiger partial charge in [0.05, 0.1) is 10.5 Å². The van der Waals surface area contributed by atoms with Crippen molar-refractivity contribution in [2.45, 2.75) is 23.7 Å². The fourth-order valence-electron chi connectivity index (χ4n) is 2.98. The van der Waals surface area contributed by atoms with Crippen LogP contribution in [-0.2, 0) is 19.4 Å². The fraction of sp³-hybridized carbons (Fsp3) is 0.125. The third-order valence-electron chi connectivity index (χ3n) is 4.76. The molecule has 7 nitrogen and oxygen atoms in total. The first-order valence-electron chi connectivity index (χ1n) is 9.89. The maximum Gasteiger partial charge on any atom is 0.341 e. The Kier molecular flexibility index (Phi) is 7.52. The molecular weight excluding hydrogens is 468 g/mol. The molecule has 3 rings (SSSR count). The topological polar surface area (TPSA) is 107 Å². The van der Waals surface area contributed by atoms with Gasteiger partial charge in [-0.2, -0.15) is 8.78 Å². The van der Waals surface area contributed by atoms with Gasteiger partial charge in [-0.3, -0.25) is 9.59 Å². The van der Waals surface area contributed by atoms with E-state index in [2.05, 4.69) is 5.32 Å². The van der Waals surface area contributed by atoms with Gasteiger partial charge in [0.2, 0.25) is 15.9 Å². The van der Waals surface area contributed by atoms with Crippen LogP contribution in [0.2, 0.25) is 0 Å². The monoisotopic (exact) mass is 487 g/mol. The summed E-state index contributed by atoms with van der Waals surface area (Å²) >= 11 is 0. The Labute approximate surface area is 194 Å². The van der Waals surface area contributed by atoms with E-state index in [0.29, 0.717) is 16.8 Å². The van der Waals surface area contributed by atoms with Crippen LogP contribution in [0.4, 0.5) is 14.5 Å². The summed E-state index contributed by atoms with van der Waals surface area (Å²) in [6.07, 6.45) is -1.39. The van der Waals surface area contributed by atoms with Gasteiger partial charge < -0.3 is 10.1 Å². The average Bonchev–Trinajstić information content (AvgIpc) is 2.83. The molecule has 0 heterocycles. The average molecular weight is 487 g/mol. The highest BCUT2D eigenvalue weighted by Gasteiger charge is 2.28. The zero-order valence-corrected chi connectivity index (χ0v) is 18.6. The number of anilines is 1. The number of halogens is 2. The van der Waals surface area contributed by atoms with E-state index >= 15 is 0 Å². The van der Waals surface area contributed by atoms with E-state index in [1.165, 1.54) is 13.0 Å². The molecule has 176 valence electrons. The van der Waals surface area contributed by atoms with Gasteiger partial charge in [0, 0.05) is 16.8 Å². The molecule has 0 aliphatic rings. The van der Waals surface area contributed by atoms with Crippen LogP contribution in [0.15, 0.2) is 83.8 Å². The third kappa shape index (κ3) is 5.70. The van der Waals surface area contributed by atoms with Gasteiger partial charge in [0.15, 0.2) is 5.78 Å². The maximum absolute atomic E-state index is 13.0. The fourth-order valence-corrected chi connectivity index (χ4v) is 3.70. The molecule has 1 N–H and O–H groups in total. The lowest BCUT2D eigenvalue weighted by molar-refractivity contribution is -0.125. The van der Waals surface area contributed by atoms with Crippen LogP contribution in [0.3, 0.4) is 0 Å². The molecule has 0 unspecified atom stereocenters. The van der Waals surface area contributed by atoms with Gasteiger partial charge in [0.25, 0.3) is 5.91 Å². The number of esters is 1. The van der Waals surface area contributed by atoms with Crippen molar-refractivity contribution in [3.63, 3.8) is 0 Å². The second kappa shape index (κ2) is 10.3. The zero-order valence-electron chi connectivity index (χ0n) is 17.8. The number of nitrogens with one attached hydrogen (secondary N) is 1. The Morgan fingerprint density at radius 2 is 1.50 bits per heavy atom. The lowest BCUT2D eigenvalue weighted by atomic mass is 10.1. The standard InChI is InChI=1S/C24H19F2NO6S/c1-15(28)18-8-5-9-19(14-18)27-22(29)21(16-6-3-2-4-7-16)33-23(30)17-10-12-20(13-11-17)34(31,32)24(25)26/h2-14,21,24H,1H3,(H,27,29)/t21-/m0/s1. The summed E-state index contributed by atoms with van der Waals surface area (Å²) in [7, 11) is -4.82. The molecule has 0 saturated carbocycles. The van der Waals surface area contributed by atoms with E-state index in [1.54, 1.807) is 48.5 Å². The van der Waals surface area contributed by atoms with Crippen molar-refractivity contribution in [2.75, 3.05) is 5.32 Å². The number of ether oxygens (including phenoxy) is 1. The summed E-state index contributed by atoms with van der Waals surface area (Å²) in [6.45, 7) is 1.38. The first-order chi connectivity index (χ1) is 16.1. The molecule has 10 heteroatoms. The van der Waals surface area contributed by atoms with Crippen LogP contribution in [0.1, 0.15) is 39.3 Å². The number of rotatable bonds is 8. The summed E-state index contributed by atoms with van der Waals surface area (Å²) in [5.41, 5.74) is 0.912. The lowest BCUT2D eigenvalue weighted by Crippen LogP contribution is -2.26. The van der Waals surface area contributed by atoms with E-state index in [0.717, 1.165) is 24.3 Å². The van der Waals surface area contributed by atoms with E-state index in [1.807, 2.05) is 0 Å². The van der Waals surface area contributed by atoms with E-state index in [-0.39, 0.29) is 11.3 Å². The van der Waals surface area contributed by atoms with E-state index in [4.69, 9.17) is 4.74 Å². The Balaban J connectivity index is 1.84. The predicted octanol–water partition coefficient (Wildman–Crippen LogP) is 4.42. The van der Waals surface area contributed by atoms with Crippen molar-refractivity contribution in [1.82, 2.24) is 0 Å². The van der Waals surface area contributed by atoms with Crippen LogP contribution in [0, 0.1) is 0 Å². The Morgan fingerprint density at radius 1 is 0.853 bits per heavy atom. The number of Topliss-reactive ketones (excluding diaryl/α,β-unsaturated/α-hetero) is 1. The minimum Gasteiger partial charge on any atom is -0.444 e. The molecule has 1 amide bonds. The number of hydrogen-bond donors (Lipinski definition) is 1. The van der Waals surface area contributed by atoms with Gasteiger partial charge in [0.1, 0.15) is 0 Å². The highest BCUT2D eigenvalue weighted by molar-refractivity contribution is 7.91. The minimum absolute atomic E-state index is 0.138. The molecule has 0 saturated heterocycles. The third-order valence-corrected chi connectivity index (χ3v) is 6.15. The molecule has 1 atom stereocenters. The Bertz CT molecular complexity index is 1310. The number of sulfone groups is 1. The maximum atomic E-state index is 13.0. The number of amides is 1. The van der Waals surface area contributed by atoms with E-state index in [9.17, 15) is 31.6 Å². The molecule has 0 aliphatic heterocycles. The molecule has 0 aromatic heterocycles. The number of ketones is 1. The van der Waals surface area contributed by atoms with E-state index < -0.39 is 38.5 Å². The predicted molar refractivity (Wildman–Crippen MR) is 119 cm³/mol. The van der Waals surface area contributed by atoms with Crippen LogP contribution in [-0.4, -0.2) is 31.8 Å². The number of alkyl halides is 2. The molecule has 0 bridgehead atoms.